The Morgan fingerprint density at radius 2 is 2.15 bits per heavy atom. The highest BCUT2D eigenvalue weighted by atomic mass is 16.6. The van der Waals surface area contributed by atoms with Gasteiger partial charge in [-0.05, 0) is 36.8 Å². The van der Waals surface area contributed by atoms with E-state index in [2.05, 4.69) is 23.6 Å². The summed E-state index contributed by atoms with van der Waals surface area (Å²) in [5, 5.41) is 0. The lowest BCUT2D eigenvalue weighted by molar-refractivity contribution is -0.162. The number of nitrogens with zero attached hydrogens (tertiary/aromatic N) is 1. The Morgan fingerprint density at radius 1 is 1.37 bits per heavy atom. The van der Waals surface area contributed by atoms with Crippen molar-refractivity contribution in [1.29, 1.82) is 0 Å². The number of ether oxygens (including phenoxy) is 2. The molecule has 0 aromatic heterocycles. The molecule has 0 radical (unpaired) electrons. The summed E-state index contributed by atoms with van der Waals surface area (Å²) in [6.07, 6.45) is 6.26. The van der Waals surface area contributed by atoms with Crippen molar-refractivity contribution in [3.05, 3.63) is 59.7 Å². The van der Waals surface area contributed by atoms with Crippen LogP contribution in [0, 0.1) is 0 Å². The number of rotatable bonds is 4. The fourth-order valence-electron chi connectivity index (χ4n) is 5.14. The Hall–Kier alpha value is -2.40. The Bertz CT molecular complexity index is 800. The molecule has 142 valence electrons. The number of benzene rings is 1. The Kier molecular flexibility index (Phi) is 4.64. The standard InChI is InChI=1S/C22H25NO4/c1-3-13-23-17(15-9-5-4-6-10-15)14-16-19(20(24)26-2)21(25)27-22(16)12-8-7-11-18(22)23/h3-6,9-10,17-18H,1,7-8,11-14H2,2H3. The molecule has 1 saturated carbocycles. The SMILES string of the molecule is C=CCN1C(c2ccccc2)CC2=C(C(=O)OC)C(=O)OC23CCCCC13. The first-order valence-electron chi connectivity index (χ1n) is 9.59. The molecule has 5 heteroatoms. The van der Waals surface area contributed by atoms with Gasteiger partial charge in [0.2, 0.25) is 0 Å². The number of carbonyl (C=O) groups excluding carboxylic acids is 2. The Morgan fingerprint density at radius 3 is 2.85 bits per heavy atom. The van der Waals surface area contributed by atoms with E-state index in [1.807, 2.05) is 24.3 Å². The lowest BCUT2D eigenvalue weighted by atomic mass is 9.68. The highest BCUT2D eigenvalue weighted by molar-refractivity contribution is 6.16. The molecule has 0 N–H and O–H groups in total. The monoisotopic (exact) mass is 367 g/mol. The summed E-state index contributed by atoms with van der Waals surface area (Å²) in [7, 11) is 1.31. The number of hydrogen-bond acceptors (Lipinski definition) is 5. The van der Waals surface area contributed by atoms with E-state index in [0.29, 0.717) is 13.0 Å². The molecule has 1 spiro atoms. The molecule has 3 atom stereocenters. The Labute approximate surface area is 159 Å². The third-order valence-electron chi connectivity index (χ3n) is 6.22. The van der Waals surface area contributed by atoms with Crippen molar-refractivity contribution >= 4 is 11.9 Å². The van der Waals surface area contributed by atoms with Crippen LogP contribution in [0.1, 0.15) is 43.7 Å². The number of piperidine rings is 1. The molecular formula is C22H25NO4. The lowest BCUT2D eigenvalue weighted by Gasteiger charge is -2.54. The minimum atomic E-state index is -0.701. The fraction of sp³-hybridized carbons (Fsp3) is 0.455. The van der Waals surface area contributed by atoms with Crippen molar-refractivity contribution in [2.24, 2.45) is 0 Å². The summed E-state index contributed by atoms with van der Waals surface area (Å²) in [6, 6.07) is 10.4. The first kappa shape index (κ1) is 18.0. The van der Waals surface area contributed by atoms with Gasteiger partial charge in [-0.3, -0.25) is 4.90 Å². The largest absolute Gasteiger partial charge is 0.465 e. The normalized spacial score (nSPS) is 30.3. The summed E-state index contributed by atoms with van der Waals surface area (Å²) in [4.78, 5) is 27.5. The molecule has 2 heterocycles. The van der Waals surface area contributed by atoms with E-state index in [1.54, 1.807) is 0 Å². The van der Waals surface area contributed by atoms with Crippen LogP contribution in [-0.2, 0) is 19.1 Å². The van der Waals surface area contributed by atoms with Crippen molar-refractivity contribution in [2.75, 3.05) is 13.7 Å². The van der Waals surface area contributed by atoms with Gasteiger partial charge >= 0.3 is 11.9 Å². The highest BCUT2D eigenvalue weighted by Crippen LogP contribution is 2.54. The van der Waals surface area contributed by atoms with Crippen LogP contribution in [0.2, 0.25) is 0 Å². The van der Waals surface area contributed by atoms with E-state index in [-0.39, 0.29) is 17.7 Å². The van der Waals surface area contributed by atoms with Gasteiger partial charge in [-0.2, -0.15) is 0 Å². The van der Waals surface area contributed by atoms with Gasteiger partial charge in [0.05, 0.1) is 13.2 Å². The second kappa shape index (κ2) is 6.97. The molecule has 3 aliphatic rings. The second-order valence-corrected chi connectivity index (χ2v) is 7.50. The van der Waals surface area contributed by atoms with Gasteiger partial charge in [0.15, 0.2) is 5.60 Å². The number of carbonyl (C=O) groups is 2. The minimum Gasteiger partial charge on any atom is -0.465 e. The number of methoxy groups -OCH3 is 1. The van der Waals surface area contributed by atoms with E-state index < -0.39 is 17.5 Å². The van der Waals surface area contributed by atoms with Crippen LogP contribution >= 0.6 is 0 Å². The summed E-state index contributed by atoms with van der Waals surface area (Å²) < 4.78 is 10.9. The molecule has 1 aliphatic carbocycles. The number of esters is 2. The minimum absolute atomic E-state index is 0.0457. The van der Waals surface area contributed by atoms with Crippen LogP contribution < -0.4 is 0 Å². The van der Waals surface area contributed by atoms with Gasteiger partial charge in [0.25, 0.3) is 0 Å². The van der Waals surface area contributed by atoms with Crippen molar-refractivity contribution in [3.63, 3.8) is 0 Å². The van der Waals surface area contributed by atoms with Gasteiger partial charge < -0.3 is 9.47 Å². The molecule has 5 nitrogen and oxygen atoms in total. The molecule has 2 fully saturated rings. The third kappa shape index (κ3) is 2.72. The van der Waals surface area contributed by atoms with Gasteiger partial charge in [0, 0.05) is 12.6 Å². The zero-order valence-electron chi connectivity index (χ0n) is 15.6. The van der Waals surface area contributed by atoms with Gasteiger partial charge in [0.1, 0.15) is 5.57 Å². The van der Waals surface area contributed by atoms with Crippen LogP contribution in [-0.4, -0.2) is 42.1 Å². The van der Waals surface area contributed by atoms with Gasteiger partial charge in [-0.15, -0.1) is 6.58 Å². The van der Waals surface area contributed by atoms with Crippen LogP contribution in [0.25, 0.3) is 0 Å². The predicted octanol–water partition coefficient (Wildman–Crippen LogP) is 3.33. The average molecular weight is 367 g/mol. The zero-order valence-corrected chi connectivity index (χ0v) is 15.6. The van der Waals surface area contributed by atoms with Crippen molar-refractivity contribution in [3.8, 4) is 0 Å². The molecule has 1 aromatic rings. The maximum Gasteiger partial charge on any atom is 0.346 e. The molecule has 0 amide bonds. The smallest absolute Gasteiger partial charge is 0.346 e. The molecule has 27 heavy (non-hydrogen) atoms. The average Bonchev–Trinajstić information content (AvgIpc) is 2.98. The maximum atomic E-state index is 12.7. The van der Waals surface area contributed by atoms with E-state index in [1.165, 1.54) is 12.7 Å². The maximum absolute atomic E-state index is 12.7. The molecule has 4 rings (SSSR count). The molecule has 1 aromatic carbocycles. The topological polar surface area (TPSA) is 55.8 Å². The van der Waals surface area contributed by atoms with E-state index in [0.717, 1.165) is 31.3 Å². The first-order chi connectivity index (χ1) is 13.1. The predicted molar refractivity (Wildman–Crippen MR) is 101 cm³/mol. The van der Waals surface area contributed by atoms with E-state index in [9.17, 15) is 9.59 Å². The van der Waals surface area contributed by atoms with E-state index >= 15 is 0 Å². The van der Waals surface area contributed by atoms with Crippen LogP contribution in [0.15, 0.2) is 54.1 Å². The molecule has 1 saturated heterocycles. The summed E-state index contributed by atoms with van der Waals surface area (Å²) in [6.45, 7) is 4.65. The van der Waals surface area contributed by atoms with Crippen molar-refractivity contribution in [2.45, 2.75) is 49.8 Å². The van der Waals surface area contributed by atoms with Crippen molar-refractivity contribution < 1.29 is 19.1 Å². The molecule has 2 aliphatic heterocycles. The highest BCUT2D eigenvalue weighted by Gasteiger charge is 2.60. The van der Waals surface area contributed by atoms with Gasteiger partial charge in [-0.25, -0.2) is 9.59 Å². The quantitative estimate of drug-likeness (QED) is 0.464. The molecular weight excluding hydrogens is 342 g/mol. The second-order valence-electron chi connectivity index (χ2n) is 7.50. The fourth-order valence-corrected chi connectivity index (χ4v) is 5.14. The van der Waals surface area contributed by atoms with Crippen LogP contribution in [0.3, 0.4) is 0 Å². The van der Waals surface area contributed by atoms with Crippen LogP contribution in [0.4, 0.5) is 0 Å². The zero-order chi connectivity index (χ0) is 19.0. The third-order valence-corrected chi connectivity index (χ3v) is 6.22. The lowest BCUT2D eigenvalue weighted by Crippen LogP contribution is -2.60. The molecule has 3 unspecified atom stereocenters. The van der Waals surface area contributed by atoms with E-state index in [4.69, 9.17) is 9.47 Å². The summed E-state index contributed by atoms with van der Waals surface area (Å²) in [5.74, 6) is -1.11. The first-order valence-corrected chi connectivity index (χ1v) is 9.59. The van der Waals surface area contributed by atoms with Crippen LogP contribution in [0.5, 0.6) is 0 Å². The molecule has 0 bridgehead atoms. The van der Waals surface area contributed by atoms with Gasteiger partial charge in [-0.1, -0.05) is 42.8 Å². The summed E-state index contributed by atoms with van der Waals surface area (Å²) in [5.41, 5.74) is 1.42. The number of likely N-dealkylation sites (tertiary alicyclic amines) is 1. The van der Waals surface area contributed by atoms with Crippen molar-refractivity contribution in [1.82, 2.24) is 4.90 Å². The number of hydrogen-bond donors (Lipinski definition) is 0. The summed E-state index contributed by atoms with van der Waals surface area (Å²) >= 11 is 0. The Balaban J connectivity index is 1.87.